The molecule has 0 spiro atoms. The zero-order chi connectivity index (χ0) is 11.7. The van der Waals surface area contributed by atoms with E-state index < -0.39 is 0 Å². The van der Waals surface area contributed by atoms with E-state index in [0.717, 1.165) is 37.3 Å². The summed E-state index contributed by atoms with van der Waals surface area (Å²) in [6.07, 6.45) is 5.69. The van der Waals surface area contributed by atoms with Crippen LogP contribution in [0.4, 0.5) is 11.4 Å². The Morgan fingerprint density at radius 2 is 2.18 bits per heavy atom. The van der Waals surface area contributed by atoms with Gasteiger partial charge in [-0.2, -0.15) is 0 Å². The average molecular weight is 232 g/mol. The van der Waals surface area contributed by atoms with Gasteiger partial charge in [0.25, 0.3) is 0 Å². The van der Waals surface area contributed by atoms with Crippen LogP contribution in [0.3, 0.4) is 0 Å². The summed E-state index contributed by atoms with van der Waals surface area (Å²) in [4.78, 5) is 18.0. The van der Waals surface area contributed by atoms with Gasteiger partial charge in [0.2, 0.25) is 5.91 Å². The first-order valence-corrected chi connectivity index (χ1v) is 6.06. The lowest BCUT2D eigenvalue weighted by molar-refractivity contribution is -0.115. The van der Waals surface area contributed by atoms with Crippen molar-refractivity contribution in [2.75, 3.05) is 29.9 Å². The lowest BCUT2D eigenvalue weighted by Gasteiger charge is -2.39. The molecule has 0 aromatic carbocycles. The number of fused-ring (bicyclic) bond motifs is 1. The van der Waals surface area contributed by atoms with Crippen molar-refractivity contribution in [3.05, 3.63) is 18.5 Å². The fourth-order valence-corrected chi connectivity index (χ4v) is 2.61. The number of carbonyl (C=O) groups excluding carboxylic acids is 1. The van der Waals surface area contributed by atoms with Gasteiger partial charge in [0, 0.05) is 12.2 Å². The molecule has 2 aliphatic rings. The predicted molar refractivity (Wildman–Crippen MR) is 66.1 cm³/mol. The van der Waals surface area contributed by atoms with E-state index in [1.807, 2.05) is 6.07 Å². The number of amides is 1. The van der Waals surface area contributed by atoms with E-state index in [-0.39, 0.29) is 5.91 Å². The van der Waals surface area contributed by atoms with Gasteiger partial charge in [-0.25, -0.2) is 0 Å². The van der Waals surface area contributed by atoms with Crippen molar-refractivity contribution < 1.29 is 4.79 Å². The van der Waals surface area contributed by atoms with Crippen molar-refractivity contribution >= 4 is 17.3 Å². The molecule has 17 heavy (non-hydrogen) atoms. The number of anilines is 2. The average Bonchev–Trinajstić information content (AvgIpc) is 2.39. The molecule has 0 unspecified atom stereocenters. The number of hydrogen-bond acceptors (Lipinski definition) is 4. The van der Waals surface area contributed by atoms with Crippen molar-refractivity contribution in [3.63, 3.8) is 0 Å². The third kappa shape index (κ3) is 1.98. The van der Waals surface area contributed by atoms with Crippen molar-refractivity contribution in [2.45, 2.75) is 18.9 Å². The van der Waals surface area contributed by atoms with Crippen LogP contribution in [0.15, 0.2) is 18.5 Å². The Bertz CT molecular complexity index is 428. The molecule has 1 saturated heterocycles. The molecule has 3 rings (SSSR count). The maximum Gasteiger partial charge on any atom is 0.244 e. The summed E-state index contributed by atoms with van der Waals surface area (Å²) in [6.45, 7) is 2.52. The maximum absolute atomic E-state index is 11.7. The van der Waals surface area contributed by atoms with Crippen LogP contribution in [0.25, 0.3) is 0 Å². The Morgan fingerprint density at radius 3 is 3.00 bits per heavy atom. The minimum Gasteiger partial charge on any atom is -0.357 e. The van der Waals surface area contributed by atoms with Gasteiger partial charge in [-0.1, -0.05) is 0 Å². The first-order chi connectivity index (χ1) is 8.34. The zero-order valence-electron chi connectivity index (χ0n) is 9.65. The molecular weight excluding hydrogens is 216 g/mol. The van der Waals surface area contributed by atoms with Crippen LogP contribution in [-0.4, -0.2) is 36.6 Å². The normalized spacial score (nSPS) is 20.9. The molecule has 0 saturated carbocycles. The van der Waals surface area contributed by atoms with E-state index in [9.17, 15) is 4.79 Å². The molecule has 0 bridgehead atoms. The number of rotatable bonds is 1. The van der Waals surface area contributed by atoms with Crippen LogP contribution in [0.1, 0.15) is 12.8 Å². The summed E-state index contributed by atoms with van der Waals surface area (Å²) in [7, 11) is 0. The molecule has 2 N–H and O–H groups in total. The largest absolute Gasteiger partial charge is 0.357 e. The van der Waals surface area contributed by atoms with Crippen molar-refractivity contribution in [1.82, 2.24) is 10.3 Å². The standard InChI is InChI=1S/C12H16N4O/c17-12-8-16(9-1-4-13-5-2-9)11-3-6-14-7-10(11)15-12/h3,6-7,9,13H,1-2,4-5,8H2,(H,15,17). The van der Waals surface area contributed by atoms with Crippen LogP contribution >= 0.6 is 0 Å². The van der Waals surface area contributed by atoms with Gasteiger partial charge < -0.3 is 15.5 Å². The Labute approximate surface area is 100 Å². The Balaban J connectivity index is 1.91. The lowest BCUT2D eigenvalue weighted by atomic mass is 10.0. The minimum atomic E-state index is 0.0593. The van der Waals surface area contributed by atoms with Crippen LogP contribution in [0.2, 0.25) is 0 Å². The topological polar surface area (TPSA) is 57.3 Å². The van der Waals surface area contributed by atoms with Gasteiger partial charge >= 0.3 is 0 Å². The van der Waals surface area contributed by atoms with Gasteiger partial charge in [-0.3, -0.25) is 9.78 Å². The molecule has 0 atom stereocenters. The number of nitrogens with zero attached hydrogens (tertiary/aromatic N) is 2. The highest BCUT2D eigenvalue weighted by Crippen LogP contribution is 2.31. The molecule has 3 heterocycles. The van der Waals surface area contributed by atoms with Gasteiger partial charge in [-0.15, -0.1) is 0 Å². The highest BCUT2D eigenvalue weighted by Gasteiger charge is 2.28. The van der Waals surface area contributed by atoms with E-state index in [1.165, 1.54) is 0 Å². The maximum atomic E-state index is 11.7. The second kappa shape index (κ2) is 4.33. The molecule has 1 aromatic heterocycles. The Hall–Kier alpha value is -1.62. The zero-order valence-corrected chi connectivity index (χ0v) is 9.65. The summed E-state index contributed by atoms with van der Waals surface area (Å²) in [5, 5.41) is 6.22. The number of piperidine rings is 1. The quantitative estimate of drug-likeness (QED) is 0.744. The molecule has 2 aliphatic heterocycles. The van der Waals surface area contributed by atoms with E-state index >= 15 is 0 Å². The Kier molecular flexibility index (Phi) is 2.68. The number of hydrogen-bond donors (Lipinski definition) is 2. The second-order valence-corrected chi connectivity index (χ2v) is 4.55. The molecule has 1 fully saturated rings. The first kappa shape index (κ1) is 10.5. The summed E-state index contributed by atoms with van der Waals surface area (Å²) in [6, 6.07) is 2.44. The summed E-state index contributed by atoms with van der Waals surface area (Å²) in [5.74, 6) is 0.0593. The molecule has 5 heteroatoms. The van der Waals surface area contributed by atoms with E-state index in [1.54, 1.807) is 12.4 Å². The van der Waals surface area contributed by atoms with Gasteiger partial charge in [0.05, 0.1) is 24.1 Å². The third-order valence-electron chi connectivity index (χ3n) is 3.44. The van der Waals surface area contributed by atoms with Gasteiger partial charge in [0.15, 0.2) is 0 Å². The lowest BCUT2D eigenvalue weighted by Crippen LogP contribution is -2.48. The first-order valence-electron chi connectivity index (χ1n) is 6.06. The van der Waals surface area contributed by atoms with E-state index in [4.69, 9.17) is 0 Å². The molecule has 1 aromatic rings. The van der Waals surface area contributed by atoms with Crippen molar-refractivity contribution in [1.29, 1.82) is 0 Å². The van der Waals surface area contributed by atoms with Gasteiger partial charge in [-0.05, 0) is 32.0 Å². The van der Waals surface area contributed by atoms with E-state index in [0.29, 0.717) is 12.6 Å². The third-order valence-corrected chi connectivity index (χ3v) is 3.44. The fraction of sp³-hybridized carbons (Fsp3) is 0.500. The molecular formula is C12H16N4O. The highest BCUT2D eigenvalue weighted by molar-refractivity contribution is 6.00. The number of aromatic nitrogens is 1. The molecule has 0 aliphatic carbocycles. The predicted octanol–water partition coefficient (Wildman–Crippen LogP) is 0.592. The number of pyridine rings is 1. The van der Waals surface area contributed by atoms with Crippen LogP contribution in [-0.2, 0) is 4.79 Å². The number of carbonyl (C=O) groups is 1. The van der Waals surface area contributed by atoms with Crippen molar-refractivity contribution in [2.24, 2.45) is 0 Å². The summed E-state index contributed by atoms with van der Waals surface area (Å²) >= 11 is 0. The highest BCUT2D eigenvalue weighted by atomic mass is 16.2. The van der Waals surface area contributed by atoms with Crippen LogP contribution < -0.4 is 15.5 Å². The van der Waals surface area contributed by atoms with Crippen molar-refractivity contribution in [3.8, 4) is 0 Å². The fourth-order valence-electron chi connectivity index (χ4n) is 2.61. The molecule has 90 valence electrons. The smallest absolute Gasteiger partial charge is 0.244 e. The van der Waals surface area contributed by atoms with Gasteiger partial charge in [0.1, 0.15) is 0 Å². The summed E-state index contributed by atoms with van der Waals surface area (Å²) in [5.41, 5.74) is 1.94. The molecule has 0 radical (unpaired) electrons. The summed E-state index contributed by atoms with van der Waals surface area (Å²) < 4.78 is 0. The minimum absolute atomic E-state index is 0.0593. The second-order valence-electron chi connectivity index (χ2n) is 4.55. The molecule has 1 amide bonds. The molecule has 5 nitrogen and oxygen atoms in total. The SMILES string of the molecule is O=C1CN(C2CCNCC2)c2ccncc2N1. The number of nitrogens with one attached hydrogen (secondary N) is 2. The van der Waals surface area contributed by atoms with E-state index in [2.05, 4.69) is 20.5 Å². The Morgan fingerprint density at radius 1 is 1.35 bits per heavy atom. The monoisotopic (exact) mass is 232 g/mol. The van der Waals surface area contributed by atoms with Crippen LogP contribution in [0.5, 0.6) is 0 Å². The van der Waals surface area contributed by atoms with Crippen LogP contribution in [0, 0.1) is 0 Å².